The molecule has 0 spiro atoms. The topological polar surface area (TPSA) is 57.1 Å². The SMILES string of the molecule is C/C=N\N=C/C(C)CC.CC.CCC(Cl)Cc1cccc(N2Cc3c(cc(CNCC4CCC4)cc3C(F)F)C2=O)c1. The van der Waals surface area contributed by atoms with Crippen molar-refractivity contribution < 1.29 is 13.6 Å². The van der Waals surface area contributed by atoms with Crippen LogP contribution < -0.4 is 10.2 Å². The molecule has 1 N–H and O–H groups in total. The molecule has 0 bridgehead atoms. The van der Waals surface area contributed by atoms with Gasteiger partial charge in [-0.15, -0.1) is 11.6 Å². The lowest BCUT2D eigenvalue weighted by Crippen LogP contribution is -2.27. The number of fused-ring (bicyclic) bond motifs is 1. The molecule has 1 amide bonds. The molecule has 1 aliphatic carbocycles. The molecule has 0 saturated heterocycles. The molecule has 0 aromatic heterocycles. The molecule has 2 unspecified atom stereocenters. The van der Waals surface area contributed by atoms with Gasteiger partial charge >= 0.3 is 0 Å². The summed E-state index contributed by atoms with van der Waals surface area (Å²) in [5, 5.41) is 10.9. The fraction of sp³-hybridized carbons (Fsp3) is 0.559. The Balaban J connectivity index is 0.000000481. The molecule has 8 heteroatoms. The molecule has 2 aromatic carbocycles. The molecule has 1 heterocycles. The van der Waals surface area contributed by atoms with Crippen molar-refractivity contribution in [3.05, 3.63) is 64.2 Å². The van der Waals surface area contributed by atoms with Gasteiger partial charge in [0.05, 0.1) is 6.54 Å². The number of nitrogens with zero attached hydrogens (tertiary/aromatic N) is 3. The molecule has 2 atom stereocenters. The van der Waals surface area contributed by atoms with Gasteiger partial charge in [-0.1, -0.05) is 53.2 Å². The summed E-state index contributed by atoms with van der Waals surface area (Å²) in [4.78, 5) is 14.8. The number of alkyl halides is 3. The minimum Gasteiger partial charge on any atom is -0.312 e. The molecule has 5 nitrogen and oxygen atoms in total. The van der Waals surface area contributed by atoms with E-state index in [1.165, 1.54) is 19.3 Å². The Labute approximate surface area is 256 Å². The van der Waals surface area contributed by atoms with Crippen LogP contribution in [0.15, 0.2) is 46.6 Å². The number of amides is 1. The molecule has 1 saturated carbocycles. The average molecular weight is 603 g/mol. The molecular weight excluding hydrogens is 554 g/mol. The van der Waals surface area contributed by atoms with Crippen molar-refractivity contribution in [3.8, 4) is 0 Å². The van der Waals surface area contributed by atoms with Crippen LogP contribution >= 0.6 is 11.6 Å². The van der Waals surface area contributed by atoms with Crippen LogP contribution in [0.4, 0.5) is 14.5 Å². The standard InChI is InChI=1S/C25H29ClF2N2O.C7H14N2.C2H6/c1-2-19(26)9-17-7-4-8-20(10-17)30-15-23-21(24(27)28)11-18(12-22(23)25(30)31)14-29-13-16-5-3-6-16;1-4-7(3)6-9-8-5-2;1-2/h4,7-8,10-12,16,19,24,29H,2-3,5-6,9,13-15H2,1H3;5-7H,4H2,1-3H3;1-2H3/b;8-5-,9-6-;. The summed E-state index contributed by atoms with van der Waals surface area (Å²) in [5.41, 5.74) is 3.31. The number of halogens is 3. The minimum atomic E-state index is -2.61. The highest BCUT2D eigenvalue weighted by Gasteiger charge is 2.33. The van der Waals surface area contributed by atoms with E-state index in [0.717, 1.165) is 36.2 Å². The second-order valence-electron chi connectivity index (χ2n) is 10.7. The summed E-state index contributed by atoms with van der Waals surface area (Å²) in [6, 6.07) is 11.0. The second kappa shape index (κ2) is 18.8. The Morgan fingerprint density at radius 3 is 2.43 bits per heavy atom. The number of hydrogen-bond donors (Lipinski definition) is 1. The number of carbonyl (C=O) groups excluding carboxylic acids is 1. The molecule has 2 aliphatic rings. The van der Waals surface area contributed by atoms with Gasteiger partial charge in [0.15, 0.2) is 0 Å². The third-order valence-corrected chi connectivity index (χ3v) is 8.09. The molecule has 4 rings (SSSR count). The summed E-state index contributed by atoms with van der Waals surface area (Å²) in [6.07, 6.45) is 7.36. The summed E-state index contributed by atoms with van der Waals surface area (Å²) in [5.74, 6) is 1.02. The Morgan fingerprint density at radius 2 is 1.83 bits per heavy atom. The Bertz CT molecular complexity index is 1170. The molecule has 42 heavy (non-hydrogen) atoms. The van der Waals surface area contributed by atoms with E-state index >= 15 is 0 Å². The number of nitrogens with one attached hydrogen (secondary N) is 1. The first-order valence-electron chi connectivity index (χ1n) is 15.5. The number of rotatable bonds is 12. The van der Waals surface area contributed by atoms with E-state index in [4.69, 9.17) is 11.6 Å². The summed E-state index contributed by atoms with van der Waals surface area (Å²) in [6.45, 7) is 13.7. The van der Waals surface area contributed by atoms with Crippen LogP contribution in [0.5, 0.6) is 0 Å². The summed E-state index contributed by atoms with van der Waals surface area (Å²) in [7, 11) is 0. The normalized spacial score (nSPS) is 16.1. The van der Waals surface area contributed by atoms with Gasteiger partial charge in [-0.3, -0.25) is 4.79 Å². The summed E-state index contributed by atoms with van der Waals surface area (Å²) < 4.78 is 27.7. The van der Waals surface area contributed by atoms with E-state index < -0.39 is 6.43 Å². The molecule has 2 aromatic rings. The van der Waals surface area contributed by atoms with Gasteiger partial charge in [-0.25, -0.2) is 8.78 Å². The van der Waals surface area contributed by atoms with Gasteiger partial charge in [0, 0.05) is 41.2 Å². The molecular formula is C34H49ClF2N4O. The first-order chi connectivity index (χ1) is 20.3. The van der Waals surface area contributed by atoms with E-state index in [1.807, 2.05) is 58.2 Å². The first-order valence-corrected chi connectivity index (χ1v) is 15.9. The van der Waals surface area contributed by atoms with Gasteiger partial charge in [0.2, 0.25) is 0 Å². The highest BCUT2D eigenvalue weighted by molar-refractivity contribution is 6.20. The number of carbonyl (C=O) groups is 1. The first kappa shape index (κ1) is 35.6. The van der Waals surface area contributed by atoms with Gasteiger partial charge < -0.3 is 10.2 Å². The van der Waals surface area contributed by atoms with E-state index in [2.05, 4.69) is 29.4 Å². The van der Waals surface area contributed by atoms with Crippen LogP contribution in [0.3, 0.4) is 0 Å². The average Bonchev–Trinajstić information content (AvgIpc) is 3.31. The van der Waals surface area contributed by atoms with Crippen molar-refractivity contribution >= 4 is 35.6 Å². The van der Waals surface area contributed by atoms with Crippen LogP contribution in [0, 0.1) is 11.8 Å². The molecule has 232 valence electrons. The maximum Gasteiger partial charge on any atom is 0.264 e. The van der Waals surface area contributed by atoms with Crippen molar-refractivity contribution in [2.45, 2.75) is 105 Å². The minimum absolute atomic E-state index is 0.0298. The van der Waals surface area contributed by atoms with Gasteiger partial charge in [-0.2, -0.15) is 10.2 Å². The Hall–Kier alpha value is -2.64. The fourth-order valence-corrected chi connectivity index (χ4v) is 4.88. The fourth-order valence-electron chi connectivity index (χ4n) is 4.70. The highest BCUT2D eigenvalue weighted by atomic mass is 35.5. The van der Waals surface area contributed by atoms with Crippen molar-refractivity contribution in [1.29, 1.82) is 0 Å². The van der Waals surface area contributed by atoms with Crippen molar-refractivity contribution in [2.24, 2.45) is 22.0 Å². The Morgan fingerprint density at radius 1 is 1.10 bits per heavy atom. The third-order valence-electron chi connectivity index (χ3n) is 7.63. The lowest BCUT2D eigenvalue weighted by Gasteiger charge is -2.25. The van der Waals surface area contributed by atoms with Crippen LogP contribution in [0.25, 0.3) is 0 Å². The predicted octanol–water partition coefficient (Wildman–Crippen LogP) is 9.37. The lowest BCUT2D eigenvalue weighted by atomic mass is 9.85. The van der Waals surface area contributed by atoms with Crippen LogP contribution in [-0.4, -0.2) is 30.3 Å². The van der Waals surface area contributed by atoms with Gasteiger partial charge in [-0.05, 0) is 98.4 Å². The summed E-state index contributed by atoms with van der Waals surface area (Å²) >= 11 is 6.29. The quantitative estimate of drug-likeness (QED) is 0.149. The van der Waals surface area contributed by atoms with Gasteiger partial charge in [0.25, 0.3) is 12.3 Å². The van der Waals surface area contributed by atoms with E-state index in [9.17, 15) is 13.6 Å². The molecule has 1 aliphatic heterocycles. The smallest absolute Gasteiger partial charge is 0.264 e. The third kappa shape index (κ3) is 10.6. The molecule has 0 radical (unpaired) electrons. The maximum atomic E-state index is 13.9. The number of benzene rings is 2. The highest BCUT2D eigenvalue weighted by Crippen LogP contribution is 2.36. The monoisotopic (exact) mass is 602 g/mol. The zero-order chi connectivity index (χ0) is 31.1. The Kier molecular flexibility index (Phi) is 15.9. The number of hydrogen-bond acceptors (Lipinski definition) is 4. The number of anilines is 1. The van der Waals surface area contributed by atoms with E-state index in [1.54, 1.807) is 23.2 Å². The second-order valence-corrected chi connectivity index (χ2v) is 11.4. The lowest BCUT2D eigenvalue weighted by molar-refractivity contribution is 0.0996. The van der Waals surface area contributed by atoms with E-state index in [0.29, 0.717) is 35.9 Å². The zero-order valence-electron chi connectivity index (χ0n) is 26.2. The largest absolute Gasteiger partial charge is 0.312 e. The van der Waals surface area contributed by atoms with Crippen LogP contribution in [-0.2, 0) is 19.5 Å². The van der Waals surface area contributed by atoms with E-state index in [-0.39, 0.29) is 23.4 Å². The van der Waals surface area contributed by atoms with Crippen molar-refractivity contribution in [2.75, 3.05) is 11.4 Å². The zero-order valence-corrected chi connectivity index (χ0v) is 26.9. The van der Waals surface area contributed by atoms with Crippen LogP contribution in [0.1, 0.15) is 113 Å². The van der Waals surface area contributed by atoms with Crippen molar-refractivity contribution in [1.82, 2.24) is 5.32 Å². The van der Waals surface area contributed by atoms with Gasteiger partial charge in [0.1, 0.15) is 0 Å². The predicted molar refractivity (Wildman–Crippen MR) is 174 cm³/mol. The van der Waals surface area contributed by atoms with Crippen molar-refractivity contribution in [3.63, 3.8) is 0 Å². The maximum absolute atomic E-state index is 13.9. The van der Waals surface area contributed by atoms with Crippen LogP contribution in [0.2, 0.25) is 0 Å². The molecule has 1 fully saturated rings.